The number of carbonyl (C=O) groups excluding carboxylic acids is 2. The number of amides is 2. The molecule has 1 saturated heterocycles. The fourth-order valence-corrected chi connectivity index (χ4v) is 5.10. The first-order valence-electron chi connectivity index (χ1n) is 12.5. The summed E-state index contributed by atoms with van der Waals surface area (Å²) in [4.78, 5) is 30.2. The number of ether oxygens (including phenoxy) is 2. The van der Waals surface area contributed by atoms with Gasteiger partial charge >= 0.3 is 0 Å². The summed E-state index contributed by atoms with van der Waals surface area (Å²) in [5.74, 6) is 1.51. The van der Waals surface area contributed by atoms with Gasteiger partial charge in [0.25, 0.3) is 5.91 Å². The van der Waals surface area contributed by atoms with E-state index in [9.17, 15) is 9.59 Å². The van der Waals surface area contributed by atoms with Crippen molar-refractivity contribution in [1.29, 1.82) is 0 Å². The highest BCUT2D eigenvalue weighted by molar-refractivity contribution is 6.32. The van der Waals surface area contributed by atoms with Crippen molar-refractivity contribution >= 4 is 23.4 Å². The number of hydrogen-bond donors (Lipinski definition) is 0. The average molecular weight is 499 g/mol. The lowest BCUT2D eigenvalue weighted by Gasteiger charge is -2.36. The van der Waals surface area contributed by atoms with Crippen LogP contribution in [0.4, 0.5) is 0 Å². The third-order valence-electron chi connectivity index (χ3n) is 6.99. The van der Waals surface area contributed by atoms with Crippen LogP contribution in [0, 0.1) is 11.8 Å². The van der Waals surface area contributed by atoms with Crippen molar-refractivity contribution in [3.8, 4) is 11.5 Å². The Bertz CT molecular complexity index is 1060. The standard InChI is InChI=1S/C28H35ClN2O4/c1-19(2)11-15-35-26-24(29)16-23(17-25(26)34-3)28(33)30-12-9-21(10-13-30)27(32)31-14-8-20-6-4-5-7-22(20)18-31/h4-7,16-17,19,21H,8-15,18H2,1-3H3. The Morgan fingerprint density at radius 1 is 1.06 bits per heavy atom. The molecule has 2 aliphatic rings. The van der Waals surface area contributed by atoms with Gasteiger partial charge in [-0.15, -0.1) is 0 Å². The van der Waals surface area contributed by atoms with E-state index in [0.29, 0.717) is 67.1 Å². The van der Waals surface area contributed by atoms with E-state index in [1.807, 2.05) is 11.0 Å². The van der Waals surface area contributed by atoms with Gasteiger partial charge in [-0.05, 0) is 54.9 Å². The van der Waals surface area contributed by atoms with Crippen LogP contribution in [-0.4, -0.2) is 55.0 Å². The molecule has 0 aliphatic carbocycles. The Morgan fingerprint density at radius 3 is 2.46 bits per heavy atom. The van der Waals surface area contributed by atoms with Crippen molar-refractivity contribution in [3.05, 3.63) is 58.1 Å². The maximum atomic E-state index is 13.2. The Morgan fingerprint density at radius 2 is 1.77 bits per heavy atom. The number of piperidine rings is 1. The predicted molar refractivity (Wildman–Crippen MR) is 137 cm³/mol. The second kappa shape index (κ2) is 11.3. The molecule has 0 spiro atoms. The number of fused-ring (bicyclic) bond motifs is 1. The molecule has 0 saturated carbocycles. The zero-order valence-corrected chi connectivity index (χ0v) is 21.6. The Hall–Kier alpha value is -2.73. The molecule has 2 aromatic rings. The Balaban J connectivity index is 1.35. The van der Waals surface area contributed by atoms with Crippen LogP contribution in [0.1, 0.15) is 54.6 Å². The number of likely N-dealkylation sites (tertiary alicyclic amines) is 1. The maximum absolute atomic E-state index is 13.2. The van der Waals surface area contributed by atoms with E-state index >= 15 is 0 Å². The Labute approximate surface area is 213 Å². The maximum Gasteiger partial charge on any atom is 0.254 e. The summed E-state index contributed by atoms with van der Waals surface area (Å²) in [6.45, 7) is 7.33. The van der Waals surface area contributed by atoms with E-state index in [1.54, 1.807) is 24.1 Å². The molecule has 2 aromatic carbocycles. The number of nitrogens with zero attached hydrogens (tertiary/aromatic N) is 2. The molecule has 6 nitrogen and oxygen atoms in total. The predicted octanol–water partition coefficient (Wildman–Crippen LogP) is 5.21. The van der Waals surface area contributed by atoms with E-state index in [-0.39, 0.29) is 17.7 Å². The highest BCUT2D eigenvalue weighted by Gasteiger charge is 2.32. The van der Waals surface area contributed by atoms with E-state index < -0.39 is 0 Å². The van der Waals surface area contributed by atoms with Gasteiger partial charge in [0.1, 0.15) is 0 Å². The summed E-state index contributed by atoms with van der Waals surface area (Å²) < 4.78 is 11.3. The molecule has 35 heavy (non-hydrogen) atoms. The molecule has 2 heterocycles. The molecule has 188 valence electrons. The molecular formula is C28H35ClN2O4. The largest absolute Gasteiger partial charge is 0.493 e. The van der Waals surface area contributed by atoms with Crippen LogP contribution in [0.2, 0.25) is 5.02 Å². The molecular weight excluding hydrogens is 464 g/mol. The second-order valence-electron chi connectivity index (χ2n) is 9.87. The quantitative estimate of drug-likeness (QED) is 0.525. The Kier molecular flexibility index (Phi) is 8.22. The van der Waals surface area contributed by atoms with Crippen LogP contribution in [0.15, 0.2) is 36.4 Å². The molecule has 0 atom stereocenters. The average Bonchev–Trinajstić information content (AvgIpc) is 2.88. The minimum absolute atomic E-state index is 0.0424. The highest BCUT2D eigenvalue weighted by atomic mass is 35.5. The van der Waals surface area contributed by atoms with Gasteiger partial charge in [0, 0.05) is 37.7 Å². The summed E-state index contributed by atoms with van der Waals surface area (Å²) in [5.41, 5.74) is 3.05. The fraction of sp³-hybridized carbons (Fsp3) is 0.500. The SMILES string of the molecule is COc1cc(C(=O)N2CCC(C(=O)N3CCc4ccccc4C3)CC2)cc(Cl)c1OCCC(C)C. The molecule has 2 aliphatic heterocycles. The second-order valence-corrected chi connectivity index (χ2v) is 10.3. The van der Waals surface area contributed by atoms with E-state index in [1.165, 1.54) is 11.1 Å². The van der Waals surface area contributed by atoms with E-state index in [0.717, 1.165) is 19.4 Å². The number of benzene rings is 2. The van der Waals surface area contributed by atoms with E-state index in [2.05, 4.69) is 32.0 Å². The van der Waals surface area contributed by atoms with Gasteiger partial charge < -0.3 is 19.3 Å². The first kappa shape index (κ1) is 25.4. The smallest absolute Gasteiger partial charge is 0.254 e. The van der Waals surface area contributed by atoms with Gasteiger partial charge in [0.2, 0.25) is 5.91 Å². The van der Waals surface area contributed by atoms with Crippen molar-refractivity contribution in [1.82, 2.24) is 9.80 Å². The van der Waals surface area contributed by atoms with Gasteiger partial charge in [-0.3, -0.25) is 9.59 Å². The van der Waals surface area contributed by atoms with Crippen LogP contribution in [0.25, 0.3) is 0 Å². The first-order valence-corrected chi connectivity index (χ1v) is 12.9. The third kappa shape index (κ3) is 5.92. The lowest BCUT2D eigenvalue weighted by Crippen LogP contribution is -2.45. The van der Waals surface area contributed by atoms with Crippen molar-refractivity contribution in [2.45, 2.75) is 46.1 Å². The summed E-state index contributed by atoms with van der Waals surface area (Å²) in [7, 11) is 1.55. The number of rotatable bonds is 7. The van der Waals surface area contributed by atoms with Gasteiger partial charge in [0.05, 0.1) is 18.7 Å². The molecule has 0 radical (unpaired) electrons. The summed E-state index contributed by atoms with van der Waals surface area (Å²) in [5, 5.41) is 0.367. The van der Waals surface area contributed by atoms with Gasteiger partial charge in [-0.2, -0.15) is 0 Å². The monoisotopic (exact) mass is 498 g/mol. The molecule has 1 fully saturated rings. The first-order chi connectivity index (χ1) is 16.9. The minimum atomic E-state index is -0.100. The zero-order valence-electron chi connectivity index (χ0n) is 20.9. The number of carbonyl (C=O) groups is 2. The van der Waals surface area contributed by atoms with Crippen molar-refractivity contribution in [2.75, 3.05) is 33.4 Å². The number of halogens is 1. The lowest BCUT2D eigenvalue weighted by atomic mass is 9.92. The van der Waals surface area contributed by atoms with Crippen LogP contribution in [-0.2, 0) is 17.8 Å². The summed E-state index contributed by atoms with van der Waals surface area (Å²) >= 11 is 6.47. The van der Waals surface area contributed by atoms with Gasteiger partial charge in [-0.1, -0.05) is 49.7 Å². The van der Waals surface area contributed by atoms with Gasteiger partial charge in [0.15, 0.2) is 11.5 Å². The lowest BCUT2D eigenvalue weighted by molar-refractivity contribution is -0.137. The van der Waals surface area contributed by atoms with Crippen molar-refractivity contribution in [3.63, 3.8) is 0 Å². The molecule has 4 rings (SSSR count). The normalized spacial score (nSPS) is 16.3. The minimum Gasteiger partial charge on any atom is -0.493 e. The number of hydrogen-bond acceptors (Lipinski definition) is 4. The molecule has 0 aromatic heterocycles. The third-order valence-corrected chi connectivity index (χ3v) is 7.27. The summed E-state index contributed by atoms with van der Waals surface area (Å²) in [6, 6.07) is 11.7. The fourth-order valence-electron chi connectivity index (χ4n) is 4.83. The molecule has 0 unspecified atom stereocenters. The van der Waals surface area contributed by atoms with Crippen LogP contribution >= 0.6 is 11.6 Å². The van der Waals surface area contributed by atoms with Crippen molar-refractivity contribution < 1.29 is 19.1 Å². The molecule has 2 amide bonds. The van der Waals surface area contributed by atoms with Crippen molar-refractivity contribution in [2.24, 2.45) is 11.8 Å². The molecule has 0 bridgehead atoms. The molecule has 0 N–H and O–H groups in total. The topological polar surface area (TPSA) is 59.1 Å². The van der Waals surface area contributed by atoms with Crippen LogP contribution in [0.5, 0.6) is 11.5 Å². The summed E-state index contributed by atoms with van der Waals surface area (Å²) in [6.07, 6.45) is 3.14. The van der Waals surface area contributed by atoms with Crippen LogP contribution < -0.4 is 9.47 Å². The molecule has 7 heteroatoms. The number of methoxy groups -OCH3 is 1. The zero-order chi connectivity index (χ0) is 24.9. The van der Waals surface area contributed by atoms with E-state index in [4.69, 9.17) is 21.1 Å². The van der Waals surface area contributed by atoms with Crippen LogP contribution in [0.3, 0.4) is 0 Å². The highest BCUT2D eigenvalue weighted by Crippen LogP contribution is 2.37. The van der Waals surface area contributed by atoms with Gasteiger partial charge in [-0.25, -0.2) is 0 Å².